The van der Waals surface area contributed by atoms with E-state index in [1.807, 2.05) is 16.5 Å². The second kappa shape index (κ2) is 5.01. The van der Waals surface area contributed by atoms with Crippen molar-refractivity contribution in [3.8, 4) is 0 Å². The average Bonchev–Trinajstić information content (AvgIpc) is 2.91. The molecule has 2 aromatic rings. The quantitative estimate of drug-likeness (QED) is 0.775. The first-order valence-corrected chi connectivity index (χ1v) is 6.43. The number of hydrogen-bond donors (Lipinski definition) is 0. The summed E-state index contributed by atoms with van der Waals surface area (Å²) in [7, 11) is 1.39. The molecule has 0 radical (unpaired) electrons. The second-order valence-electron chi connectivity index (χ2n) is 4.69. The van der Waals surface area contributed by atoms with Crippen molar-refractivity contribution in [3.05, 3.63) is 35.9 Å². The van der Waals surface area contributed by atoms with E-state index in [1.165, 1.54) is 7.11 Å². The number of aromatic nitrogens is 2. The van der Waals surface area contributed by atoms with Crippen LogP contribution in [0.5, 0.6) is 0 Å². The van der Waals surface area contributed by atoms with E-state index in [0.29, 0.717) is 12.3 Å². The molecule has 2 aromatic heterocycles. The summed E-state index contributed by atoms with van der Waals surface area (Å²) in [6.07, 6.45) is 3.85. The summed E-state index contributed by atoms with van der Waals surface area (Å²) in [4.78, 5) is 16.3. The first-order chi connectivity index (χ1) is 9.31. The third-order valence-corrected chi connectivity index (χ3v) is 3.50. The molecule has 1 atom stereocenters. The van der Waals surface area contributed by atoms with Gasteiger partial charge in [0.1, 0.15) is 11.5 Å². The van der Waals surface area contributed by atoms with Crippen molar-refractivity contribution in [1.82, 2.24) is 9.38 Å². The van der Waals surface area contributed by atoms with Crippen molar-refractivity contribution >= 4 is 11.5 Å². The Hall–Kier alpha value is -1.88. The lowest BCUT2D eigenvalue weighted by atomic mass is 10.0. The van der Waals surface area contributed by atoms with Gasteiger partial charge < -0.3 is 9.47 Å². The van der Waals surface area contributed by atoms with E-state index in [0.717, 1.165) is 30.8 Å². The number of pyridine rings is 1. The first-order valence-electron chi connectivity index (χ1n) is 6.43. The molecule has 19 heavy (non-hydrogen) atoms. The predicted octanol–water partition coefficient (Wildman–Crippen LogP) is 2.01. The number of carbonyl (C=O) groups excluding carboxylic acids is 1. The van der Waals surface area contributed by atoms with E-state index in [2.05, 4.69) is 4.98 Å². The lowest BCUT2D eigenvalue weighted by Crippen LogP contribution is -2.19. The van der Waals surface area contributed by atoms with Crippen LogP contribution < -0.4 is 0 Å². The summed E-state index contributed by atoms with van der Waals surface area (Å²) in [6, 6.07) is 5.53. The van der Waals surface area contributed by atoms with Crippen LogP contribution >= 0.6 is 0 Å². The van der Waals surface area contributed by atoms with Gasteiger partial charge in [0.25, 0.3) is 0 Å². The van der Waals surface area contributed by atoms with Gasteiger partial charge >= 0.3 is 5.97 Å². The highest BCUT2D eigenvalue weighted by Crippen LogP contribution is 2.26. The van der Waals surface area contributed by atoms with Crippen molar-refractivity contribution in [2.24, 2.45) is 0 Å². The number of nitrogens with zero attached hydrogens (tertiary/aromatic N) is 2. The SMILES string of the molecule is COC(=O)c1cccc2cnc(C3CCCOC3)n12. The first kappa shape index (κ1) is 12.2. The lowest BCUT2D eigenvalue weighted by molar-refractivity contribution is 0.0588. The van der Waals surface area contributed by atoms with E-state index in [-0.39, 0.29) is 11.9 Å². The fourth-order valence-corrected chi connectivity index (χ4v) is 2.57. The summed E-state index contributed by atoms with van der Waals surface area (Å²) in [5, 5.41) is 0. The standard InChI is InChI=1S/C14H16N2O3/c1-18-14(17)12-6-2-5-11-8-15-13(16(11)12)10-4-3-7-19-9-10/h2,5-6,8,10H,3-4,7,9H2,1H3. The Balaban J connectivity index is 2.11. The van der Waals surface area contributed by atoms with Crippen LogP contribution in [0, 0.1) is 0 Å². The zero-order valence-electron chi connectivity index (χ0n) is 10.8. The smallest absolute Gasteiger partial charge is 0.355 e. The Bertz CT molecular complexity index is 600. The highest BCUT2D eigenvalue weighted by atomic mass is 16.5. The number of ether oxygens (including phenoxy) is 2. The van der Waals surface area contributed by atoms with Crippen LogP contribution in [0.1, 0.15) is 35.1 Å². The zero-order valence-corrected chi connectivity index (χ0v) is 10.8. The topological polar surface area (TPSA) is 52.8 Å². The number of imidazole rings is 1. The summed E-state index contributed by atoms with van der Waals surface area (Å²) in [5.74, 6) is 0.777. The number of esters is 1. The van der Waals surface area contributed by atoms with Gasteiger partial charge in [-0.1, -0.05) is 6.07 Å². The van der Waals surface area contributed by atoms with E-state index < -0.39 is 0 Å². The molecule has 0 aromatic carbocycles. The van der Waals surface area contributed by atoms with Crippen molar-refractivity contribution in [2.75, 3.05) is 20.3 Å². The van der Waals surface area contributed by atoms with Crippen LogP contribution in [0.4, 0.5) is 0 Å². The number of carbonyl (C=O) groups is 1. The molecule has 1 unspecified atom stereocenters. The number of fused-ring (bicyclic) bond motifs is 1. The summed E-state index contributed by atoms with van der Waals surface area (Å²) < 4.78 is 12.2. The van der Waals surface area contributed by atoms with Gasteiger partial charge in [-0.2, -0.15) is 0 Å². The Kier molecular flexibility index (Phi) is 3.21. The number of hydrogen-bond acceptors (Lipinski definition) is 4. The number of rotatable bonds is 2. The minimum Gasteiger partial charge on any atom is -0.464 e. The molecule has 1 aliphatic heterocycles. The van der Waals surface area contributed by atoms with Crippen LogP contribution in [-0.4, -0.2) is 35.7 Å². The third kappa shape index (κ3) is 2.10. The highest BCUT2D eigenvalue weighted by molar-refractivity contribution is 5.88. The molecule has 5 nitrogen and oxygen atoms in total. The molecule has 0 amide bonds. The zero-order chi connectivity index (χ0) is 13.2. The molecule has 0 spiro atoms. The third-order valence-electron chi connectivity index (χ3n) is 3.50. The van der Waals surface area contributed by atoms with Crippen LogP contribution in [0.25, 0.3) is 5.52 Å². The van der Waals surface area contributed by atoms with Gasteiger partial charge in [0.15, 0.2) is 0 Å². The fourth-order valence-electron chi connectivity index (χ4n) is 2.57. The molecule has 1 fully saturated rings. The van der Waals surface area contributed by atoms with E-state index in [9.17, 15) is 4.79 Å². The summed E-state index contributed by atoms with van der Waals surface area (Å²) in [5.41, 5.74) is 1.42. The Morgan fingerprint density at radius 3 is 3.16 bits per heavy atom. The molecule has 5 heteroatoms. The Morgan fingerprint density at radius 2 is 2.42 bits per heavy atom. The van der Waals surface area contributed by atoms with Gasteiger partial charge in [0.05, 0.1) is 25.4 Å². The van der Waals surface area contributed by atoms with Gasteiger partial charge in [-0.25, -0.2) is 9.78 Å². The van der Waals surface area contributed by atoms with E-state index in [4.69, 9.17) is 9.47 Å². The van der Waals surface area contributed by atoms with Crippen molar-refractivity contribution in [3.63, 3.8) is 0 Å². The normalized spacial score (nSPS) is 19.5. The highest BCUT2D eigenvalue weighted by Gasteiger charge is 2.23. The maximum atomic E-state index is 11.9. The average molecular weight is 260 g/mol. The largest absolute Gasteiger partial charge is 0.464 e. The predicted molar refractivity (Wildman–Crippen MR) is 69.3 cm³/mol. The van der Waals surface area contributed by atoms with Crippen LogP contribution in [-0.2, 0) is 9.47 Å². The Labute approximate surface area is 111 Å². The Morgan fingerprint density at radius 1 is 1.53 bits per heavy atom. The minimum atomic E-state index is -0.346. The van der Waals surface area contributed by atoms with Gasteiger partial charge in [0, 0.05) is 12.5 Å². The maximum Gasteiger partial charge on any atom is 0.355 e. The van der Waals surface area contributed by atoms with Crippen LogP contribution in [0.15, 0.2) is 24.4 Å². The number of methoxy groups -OCH3 is 1. The molecular weight excluding hydrogens is 244 g/mol. The molecule has 0 bridgehead atoms. The minimum absolute atomic E-state index is 0.238. The second-order valence-corrected chi connectivity index (χ2v) is 4.69. The molecule has 0 aliphatic carbocycles. The van der Waals surface area contributed by atoms with Crippen molar-refractivity contribution < 1.29 is 14.3 Å². The van der Waals surface area contributed by atoms with Crippen LogP contribution in [0.3, 0.4) is 0 Å². The lowest BCUT2D eigenvalue weighted by Gasteiger charge is -2.21. The van der Waals surface area contributed by atoms with Crippen LogP contribution in [0.2, 0.25) is 0 Å². The molecule has 1 aliphatic rings. The van der Waals surface area contributed by atoms with Gasteiger partial charge in [-0.15, -0.1) is 0 Å². The molecule has 100 valence electrons. The van der Waals surface area contributed by atoms with E-state index >= 15 is 0 Å². The van der Waals surface area contributed by atoms with Gasteiger partial charge in [-0.3, -0.25) is 4.40 Å². The summed E-state index contributed by atoms with van der Waals surface area (Å²) in [6.45, 7) is 1.47. The van der Waals surface area contributed by atoms with E-state index in [1.54, 1.807) is 12.3 Å². The molecule has 0 N–H and O–H groups in total. The molecule has 3 heterocycles. The van der Waals surface area contributed by atoms with Crippen molar-refractivity contribution in [1.29, 1.82) is 0 Å². The molecular formula is C14H16N2O3. The van der Waals surface area contributed by atoms with Crippen molar-refractivity contribution in [2.45, 2.75) is 18.8 Å². The molecule has 0 saturated carbocycles. The molecule has 3 rings (SSSR count). The van der Waals surface area contributed by atoms with Gasteiger partial charge in [0.2, 0.25) is 0 Å². The fraction of sp³-hybridized carbons (Fsp3) is 0.429. The maximum absolute atomic E-state index is 11.9. The monoisotopic (exact) mass is 260 g/mol. The molecule has 1 saturated heterocycles. The summed E-state index contributed by atoms with van der Waals surface area (Å²) >= 11 is 0. The van der Waals surface area contributed by atoms with Gasteiger partial charge in [-0.05, 0) is 25.0 Å².